The van der Waals surface area contributed by atoms with E-state index in [9.17, 15) is 4.39 Å². The fraction of sp³-hybridized carbons (Fsp3) is 0.200. The van der Waals surface area contributed by atoms with Gasteiger partial charge in [-0.1, -0.05) is 45.7 Å². The normalized spacial score (nSPS) is 12.5. The van der Waals surface area contributed by atoms with Crippen LogP contribution >= 0.6 is 39.1 Å². The highest BCUT2D eigenvalue weighted by Crippen LogP contribution is 2.31. The Hall–Kier alpha value is -0.570. The Balaban J connectivity index is 2.25. The van der Waals surface area contributed by atoms with Crippen LogP contribution in [0.1, 0.15) is 22.1 Å². The van der Waals surface area contributed by atoms with Gasteiger partial charge < -0.3 is 0 Å². The second-order valence-corrected chi connectivity index (χ2v) is 6.17. The molecular weight excluding hydrogens is 350 g/mol. The van der Waals surface area contributed by atoms with Gasteiger partial charge in [0.1, 0.15) is 5.82 Å². The fourth-order valence-corrected chi connectivity index (χ4v) is 2.76. The zero-order valence-electron chi connectivity index (χ0n) is 10.3. The van der Waals surface area contributed by atoms with Gasteiger partial charge in [0.25, 0.3) is 0 Å². The van der Waals surface area contributed by atoms with E-state index in [1.807, 2.05) is 25.1 Å². The molecule has 0 spiro atoms. The number of aryl methyl sites for hydroxylation is 1. The van der Waals surface area contributed by atoms with E-state index in [4.69, 9.17) is 23.2 Å². The lowest BCUT2D eigenvalue weighted by atomic mass is 10.0. The van der Waals surface area contributed by atoms with Gasteiger partial charge in [0.05, 0.1) is 5.38 Å². The number of alkyl halides is 1. The largest absolute Gasteiger partial charge is 0.207 e. The van der Waals surface area contributed by atoms with Crippen LogP contribution in [0.2, 0.25) is 5.02 Å². The van der Waals surface area contributed by atoms with Crippen LogP contribution in [0.5, 0.6) is 0 Å². The first-order valence-corrected chi connectivity index (χ1v) is 7.43. The molecule has 1 atom stereocenters. The van der Waals surface area contributed by atoms with Crippen LogP contribution in [0.15, 0.2) is 40.9 Å². The van der Waals surface area contributed by atoms with Crippen molar-refractivity contribution in [2.75, 3.05) is 0 Å². The summed E-state index contributed by atoms with van der Waals surface area (Å²) in [5.41, 5.74) is 2.54. The van der Waals surface area contributed by atoms with E-state index in [-0.39, 0.29) is 11.2 Å². The average Bonchev–Trinajstić information content (AvgIpc) is 2.37. The van der Waals surface area contributed by atoms with E-state index in [1.165, 1.54) is 6.07 Å². The molecule has 19 heavy (non-hydrogen) atoms. The summed E-state index contributed by atoms with van der Waals surface area (Å²) in [5.74, 6) is -0.315. The first-order valence-electron chi connectivity index (χ1n) is 5.82. The predicted octanol–water partition coefficient (Wildman–Crippen LogP) is 6.07. The summed E-state index contributed by atoms with van der Waals surface area (Å²) in [4.78, 5) is 0. The van der Waals surface area contributed by atoms with Crippen LogP contribution in [-0.2, 0) is 6.42 Å². The van der Waals surface area contributed by atoms with Crippen LogP contribution in [0.4, 0.5) is 4.39 Å². The lowest BCUT2D eigenvalue weighted by Crippen LogP contribution is -2.00. The minimum Gasteiger partial charge on any atom is -0.207 e. The first kappa shape index (κ1) is 14.8. The topological polar surface area (TPSA) is 0 Å². The van der Waals surface area contributed by atoms with Crippen molar-refractivity contribution in [1.82, 2.24) is 0 Å². The van der Waals surface area contributed by atoms with Crippen molar-refractivity contribution in [1.29, 1.82) is 0 Å². The highest BCUT2D eigenvalue weighted by molar-refractivity contribution is 9.10. The molecule has 0 N–H and O–H groups in total. The van der Waals surface area contributed by atoms with E-state index < -0.39 is 0 Å². The first-order chi connectivity index (χ1) is 8.99. The molecule has 0 aliphatic carbocycles. The molecule has 100 valence electrons. The molecule has 0 radical (unpaired) electrons. The van der Waals surface area contributed by atoms with Gasteiger partial charge in [0.15, 0.2) is 0 Å². The summed E-state index contributed by atoms with van der Waals surface area (Å²) < 4.78 is 14.7. The molecule has 0 fully saturated rings. The van der Waals surface area contributed by atoms with Gasteiger partial charge in [-0.15, -0.1) is 11.6 Å². The average molecular weight is 362 g/mol. The van der Waals surface area contributed by atoms with Crippen molar-refractivity contribution in [3.05, 3.63) is 68.4 Å². The Morgan fingerprint density at radius 3 is 2.63 bits per heavy atom. The second-order valence-electron chi connectivity index (χ2n) is 4.38. The van der Waals surface area contributed by atoms with E-state index >= 15 is 0 Å². The van der Waals surface area contributed by atoms with Crippen molar-refractivity contribution in [3.63, 3.8) is 0 Å². The highest BCUT2D eigenvalue weighted by atomic mass is 79.9. The molecule has 4 heteroatoms. The number of hydrogen-bond acceptors (Lipinski definition) is 0. The highest BCUT2D eigenvalue weighted by Gasteiger charge is 2.15. The van der Waals surface area contributed by atoms with Crippen molar-refractivity contribution in [3.8, 4) is 0 Å². The minimum atomic E-state index is -0.315. The van der Waals surface area contributed by atoms with Crippen LogP contribution in [0, 0.1) is 12.7 Å². The fourth-order valence-electron chi connectivity index (χ4n) is 1.83. The van der Waals surface area contributed by atoms with Gasteiger partial charge in [-0.2, -0.15) is 0 Å². The van der Waals surface area contributed by atoms with E-state index in [0.29, 0.717) is 17.0 Å². The molecule has 0 amide bonds. The summed E-state index contributed by atoms with van der Waals surface area (Å²) in [7, 11) is 0. The van der Waals surface area contributed by atoms with Crippen molar-refractivity contribution >= 4 is 39.1 Å². The molecule has 2 rings (SSSR count). The number of halogens is 4. The molecule has 0 saturated carbocycles. The zero-order chi connectivity index (χ0) is 14.0. The summed E-state index contributed by atoms with van der Waals surface area (Å²) >= 11 is 15.8. The maximum atomic E-state index is 13.7. The van der Waals surface area contributed by atoms with Crippen LogP contribution in [-0.4, -0.2) is 0 Å². The second kappa shape index (κ2) is 6.25. The van der Waals surface area contributed by atoms with Crippen molar-refractivity contribution < 1.29 is 4.39 Å². The Labute approximate surface area is 130 Å². The van der Waals surface area contributed by atoms with Crippen molar-refractivity contribution in [2.24, 2.45) is 0 Å². The van der Waals surface area contributed by atoms with Gasteiger partial charge in [0.2, 0.25) is 0 Å². The van der Waals surface area contributed by atoms with E-state index in [1.54, 1.807) is 12.1 Å². The Morgan fingerprint density at radius 2 is 2.00 bits per heavy atom. The Kier molecular flexibility index (Phi) is 4.88. The summed E-state index contributed by atoms with van der Waals surface area (Å²) in [6.07, 6.45) is 0.364. The van der Waals surface area contributed by atoms with E-state index in [2.05, 4.69) is 15.9 Å². The molecule has 0 aliphatic rings. The summed E-state index contributed by atoms with van der Waals surface area (Å²) in [6.45, 7) is 2.00. The minimum absolute atomic E-state index is 0.314. The number of rotatable bonds is 3. The van der Waals surface area contributed by atoms with Gasteiger partial charge in [0, 0.05) is 15.1 Å². The van der Waals surface area contributed by atoms with Gasteiger partial charge in [-0.05, 0) is 42.7 Å². The maximum absolute atomic E-state index is 13.7. The molecule has 0 saturated heterocycles. The molecular formula is C15H12BrCl2F. The molecule has 2 aromatic rings. The van der Waals surface area contributed by atoms with Gasteiger partial charge >= 0.3 is 0 Å². The third kappa shape index (κ3) is 3.50. The third-order valence-corrected chi connectivity index (χ3v) is 4.62. The van der Waals surface area contributed by atoms with E-state index in [0.717, 1.165) is 15.6 Å². The molecule has 0 nitrogen and oxygen atoms in total. The Bertz CT molecular complexity index is 578. The zero-order valence-corrected chi connectivity index (χ0v) is 13.4. The predicted molar refractivity (Wildman–Crippen MR) is 82.6 cm³/mol. The smallest absolute Gasteiger partial charge is 0.127 e. The number of benzene rings is 2. The van der Waals surface area contributed by atoms with Gasteiger partial charge in [-0.3, -0.25) is 0 Å². The molecule has 0 bridgehead atoms. The monoisotopic (exact) mass is 360 g/mol. The third-order valence-electron chi connectivity index (χ3n) is 3.00. The summed E-state index contributed by atoms with van der Waals surface area (Å²) in [6, 6.07) is 10.6. The van der Waals surface area contributed by atoms with Crippen molar-refractivity contribution in [2.45, 2.75) is 18.7 Å². The quantitative estimate of drug-likeness (QED) is 0.581. The van der Waals surface area contributed by atoms with Crippen LogP contribution < -0.4 is 0 Å². The molecule has 0 aromatic heterocycles. The molecule has 1 unspecified atom stereocenters. The lowest BCUT2D eigenvalue weighted by Gasteiger charge is -2.13. The maximum Gasteiger partial charge on any atom is 0.127 e. The lowest BCUT2D eigenvalue weighted by molar-refractivity contribution is 0.607. The summed E-state index contributed by atoms with van der Waals surface area (Å²) in [5, 5.41) is 0.100. The van der Waals surface area contributed by atoms with Crippen LogP contribution in [0.25, 0.3) is 0 Å². The number of hydrogen-bond donors (Lipinski definition) is 0. The SMILES string of the molecule is Cc1ccc(C(Cl)Cc2c(F)cccc2Cl)cc1Br. The standard InChI is InChI=1S/C15H12BrCl2F/c1-9-5-6-10(7-12(9)16)14(18)8-11-13(17)3-2-4-15(11)19/h2-7,14H,8H2,1H3. The van der Waals surface area contributed by atoms with Crippen LogP contribution in [0.3, 0.4) is 0 Å². The molecule has 2 aromatic carbocycles. The molecule has 0 aliphatic heterocycles. The van der Waals surface area contributed by atoms with Gasteiger partial charge in [-0.25, -0.2) is 4.39 Å². The molecule has 0 heterocycles. The Morgan fingerprint density at radius 1 is 1.26 bits per heavy atom.